The zero-order chi connectivity index (χ0) is 32.3. The number of anilines is 5. The summed E-state index contributed by atoms with van der Waals surface area (Å²) in [5, 5.41) is 5.48. The van der Waals surface area contributed by atoms with Gasteiger partial charge in [0.25, 0.3) is 5.91 Å². The maximum Gasteiger partial charge on any atom is 0.421 e. The number of methoxy groups -OCH3 is 3. The molecule has 0 aliphatic carbocycles. The van der Waals surface area contributed by atoms with Gasteiger partial charge >= 0.3 is 6.09 Å². The number of ether oxygens (including phenoxy) is 5. The lowest BCUT2D eigenvalue weighted by molar-refractivity contribution is -0.129. The molecular formula is C30H36FN7O7. The topological polar surface area (TPSA) is 149 Å². The molecule has 2 N–H and O–H groups in total. The number of piperidine rings is 1. The molecule has 3 aromatic rings. The molecule has 1 fully saturated rings. The molecule has 0 bridgehead atoms. The highest BCUT2D eigenvalue weighted by Gasteiger charge is 2.36. The first-order chi connectivity index (χ1) is 21.5. The van der Waals surface area contributed by atoms with Crippen LogP contribution in [0.3, 0.4) is 0 Å². The van der Waals surface area contributed by atoms with Gasteiger partial charge in [0.05, 0.1) is 33.2 Å². The third-order valence-corrected chi connectivity index (χ3v) is 7.59. The first-order valence-electron chi connectivity index (χ1n) is 14.3. The van der Waals surface area contributed by atoms with Gasteiger partial charge in [-0.05, 0) is 52.4 Å². The quantitative estimate of drug-likeness (QED) is 0.341. The van der Waals surface area contributed by atoms with Crippen molar-refractivity contribution in [2.45, 2.75) is 44.8 Å². The summed E-state index contributed by atoms with van der Waals surface area (Å²) < 4.78 is 43.0. The average Bonchev–Trinajstić information content (AvgIpc) is 3.02. The van der Waals surface area contributed by atoms with E-state index in [0.717, 1.165) is 36.9 Å². The number of nitrogens with one attached hydrogen (secondary N) is 2. The van der Waals surface area contributed by atoms with E-state index in [4.69, 9.17) is 23.7 Å². The Labute approximate surface area is 259 Å². The van der Waals surface area contributed by atoms with E-state index in [-0.39, 0.29) is 59.1 Å². The van der Waals surface area contributed by atoms with Crippen LogP contribution in [0.1, 0.15) is 33.1 Å². The van der Waals surface area contributed by atoms with Gasteiger partial charge < -0.3 is 39.2 Å². The molecule has 0 spiro atoms. The highest BCUT2D eigenvalue weighted by atomic mass is 19.1. The summed E-state index contributed by atoms with van der Waals surface area (Å²) in [5.74, 6) is -0.173. The number of rotatable bonds is 9. The van der Waals surface area contributed by atoms with Crippen molar-refractivity contribution in [3.63, 3.8) is 0 Å². The van der Waals surface area contributed by atoms with Crippen molar-refractivity contribution in [3.05, 3.63) is 36.3 Å². The van der Waals surface area contributed by atoms with Gasteiger partial charge in [0, 0.05) is 18.2 Å². The number of likely N-dealkylation sites (N-methyl/N-ethyl adjacent to an activating group) is 1. The lowest BCUT2D eigenvalue weighted by Crippen LogP contribution is -2.46. The molecule has 2 amide bonds. The number of pyridine rings is 1. The molecule has 1 atom stereocenters. The number of amides is 2. The highest BCUT2D eigenvalue weighted by molar-refractivity contribution is 5.99. The van der Waals surface area contributed by atoms with Crippen molar-refractivity contribution in [2.24, 2.45) is 0 Å². The number of aromatic nitrogens is 3. The SMILES string of the molecule is COc1cc(N(C(=O)OCC2CCCCN2C)c2ncc(F)c(Nc3ccc4c(n3)NC(=O)C(C)(C)O4)n2)cc(OC)c1OC. The van der Waals surface area contributed by atoms with E-state index in [1.54, 1.807) is 26.0 Å². The fourth-order valence-electron chi connectivity index (χ4n) is 5.03. The smallest absolute Gasteiger partial charge is 0.421 e. The largest absolute Gasteiger partial charge is 0.493 e. The molecule has 240 valence electrons. The second-order valence-corrected chi connectivity index (χ2v) is 11.0. The Bertz CT molecular complexity index is 1560. The number of carbonyl (C=O) groups excluding carboxylic acids is 2. The lowest BCUT2D eigenvalue weighted by atomic mass is 10.0. The number of nitrogens with zero attached hydrogens (tertiary/aromatic N) is 5. The monoisotopic (exact) mass is 625 g/mol. The van der Waals surface area contributed by atoms with Crippen molar-refractivity contribution in [3.8, 4) is 23.0 Å². The van der Waals surface area contributed by atoms with Crippen LogP contribution in [0.25, 0.3) is 0 Å². The van der Waals surface area contributed by atoms with Gasteiger partial charge in [-0.25, -0.2) is 24.1 Å². The fraction of sp³-hybridized carbons (Fsp3) is 0.433. The summed E-state index contributed by atoms with van der Waals surface area (Å²) in [7, 11) is 6.34. The van der Waals surface area contributed by atoms with Gasteiger partial charge in [0.1, 0.15) is 12.4 Å². The van der Waals surface area contributed by atoms with E-state index >= 15 is 4.39 Å². The number of halogens is 1. The van der Waals surface area contributed by atoms with Crippen LogP contribution in [0.15, 0.2) is 30.5 Å². The van der Waals surface area contributed by atoms with Crippen LogP contribution >= 0.6 is 0 Å². The van der Waals surface area contributed by atoms with Crippen molar-refractivity contribution in [1.29, 1.82) is 0 Å². The Morgan fingerprint density at radius 3 is 2.56 bits per heavy atom. The molecule has 14 nitrogen and oxygen atoms in total. The minimum Gasteiger partial charge on any atom is -0.493 e. The molecule has 45 heavy (non-hydrogen) atoms. The Hall–Kier alpha value is -4.92. The van der Waals surface area contributed by atoms with Crippen molar-refractivity contribution in [2.75, 3.05) is 57.1 Å². The lowest BCUT2D eigenvalue weighted by Gasteiger charge is -2.32. The third kappa shape index (κ3) is 6.62. The number of likely N-dealkylation sites (tertiary alicyclic amines) is 1. The third-order valence-electron chi connectivity index (χ3n) is 7.59. The molecule has 0 radical (unpaired) electrons. The summed E-state index contributed by atoms with van der Waals surface area (Å²) in [6, 6.07) is 6.24. The second kappa shape index (κ2) is 13.0. The minimum absolute atomic E-state index is 0.0426. The predicted octanol–water partition coefficient (Wildman–Crippen LogP) is 4.65. The van der Waals surface area contributed by atoms with Gasteiger partial charge in [-0.1, -0.05) is 6.42 Å². The van der Waals surface area contributed by atoms with E-state index in [9.17, 15) is 9.59 Å². The van der Waals surface area contributed by atoms with Gasteiger partial charge in [-0.15, -0.1) is 0 Å². The second-order valence-electron chi connectivity index (χ2n) is 11.0. The molecule has 5 rings (SSSR count). The Kier molecular flexibility index (Phi) is 9.09. The zero-order valence-electron chi connectivity index (χ0n) is 26.0. The normalized spacial score (nSPS) is 17.3. The molecule has 2 aromatic heterocycles. The van der Waals surface area contributed by atoms with Crippen LogP contribution < -0.4 is 34.5 Å². The molecule has 2 aliphatic rings. The number of fused-ring (bicyclic) bond motifs is 1. The summed E-state index contributed by atoms with van der Waals surface area (Å²) in [4.78, 5) is 42.1. The highest BCUT2D eigenvalue weighted by Crippen LogP contribution is 2.42. The minimum atomic E-state index is -1.07. The van der Waals surface area contributed by atoms with Crippen LogP contribution in [0.5, 0.6) is 23.0 Å². The molecule has 1 unspecified atom stereocenters. The molecule has 1 aromatic carbocycles. The number of hydrogen-bond acceptors (Lipinski definition) is 12. The molecule has 2 aliphatic heterocycles. The standard InChI is InChI=1S/C30H36FN7O7/c1-30(2)27(39)35-26-20(45-30)10-11-23(34-26)33-25-19(31)15-32-28(36-25)38(29(40)44-16-17-9-7-8-12-37(17)3)18-13-21(41-4)24(43-6)22(14-18)42-5/h10-11,13-15,17H,7-9,12,16H2,1-6H3,(H2,32,33,34,35,36,39). The van der Waals surface area contributed by atoms with E-state index in [1.165, 1.54) is 33.5 Å². The summed E-state index contributed by atoms with van der Waals surface area (Å²) >= 11 is 0. The number of hydrogen-bond donors (Lipinski definition) is 2. The zero-order valence-corrected chi connectivity index (χ0v) is 26.0. The maximum absolute atomic E-state index is 15.1. The van der Waals surface area contributed by atoms with Crippen LogP contribution in [0, 0.1) is 5.82 Å². The first-order valence-corrected chi connectivity index (χ1v) is 14.3. The van der Waals surface area contributed by atoms with E-state index in [2.05, 4.69) is 30.5 Å². The molecular weight excluding hydrogens is 589 g/mol. The molecule has 15 heteroatoms. The molecule has 1 saturated heterocycles. The van der Waals surface area contributed by atoms with E-state index < -0.39 is 17.5 Å². The summed E-state index contributed by atoms with van der Waals surface area (Å²) in [5.41, 5.74) is -0.854. The Morgan fingerprint density at radius 2 is 1.89 bits per heavy atom. The van der Waals surface area contributed by atoms with Crippen molar-refractivity contribution >= 4 is 41.1 Å². The maximum atomic E-state index is 15.1. The van der Waals surface area contributed by atoms with E-state index in [1.807, 2.05) is 7.05 Å². The van der Waals surface area contributed by atoms with Crippen LogP contribution in [-0.2, 0) is 9.53 Å². The van der Waals surface area contributed by atoms with Crippen molar-refractivity contribution < 1.29 is 37.7 Å². The molecule has 4 heterocycles. The van der Waals surface area contributed by atoms with Crippen LogP contribution in [0.2, 0.25) is 0 Å². The van der Waals surface area contributed by atoms with Crippen LogP contribution in [0.4, 0.5) is 38.3 Å². The Morgan fingerprint density at radius 1 is 1.16 bits per heavy atom. The van der Waals surface area contributed by atoms with Crippen LogP contribution in [-0.4, -0.2) is 85.0 Å². The molecule has 0 saturated carbocycles. The first kappa shape index (κ1) is 31.5. The summed E-state index contributed by atoms with van der Waals surface area (Å²) in [6.45, 7) is 4.30. The van der Waals surface area contributed by atoms with Gasteiger partial charge in [-0.2, -0.15) is 4.98 Å². The number of carbonyl (C=O) groups is 2. The Balaban J connectivity index is 1.50. The predicted molar refractivity (Wildman–Crippen MR) is 163 cm³/mol. The van der Waals surface area contributed by atoms with Gasteiger partial charge in [-0.3, -0.25) is 4.79 Å². The van der Waals surface area contributed by atoms with Gasteiger partial charge in [0.15, 0.2) is 40.3 Å². The van der Waals surface area contributed by atoms with Crippen molar-refractivity contribution in [1.82, 2.24) is 19.9 Å². The average molecular weight is 626 g/mol. The summed E-state index contributed by atoms with van der Waals surface area (Å²) in [6.07, 6.45) is 3.11. The number of benzene rings is 1. The fourth-order valence-corrected chi connectivity index (χ4v) is 5.03. The van der Waals surface area contributed by atoms with E-state index in [0.29, 0.717) is 11.5 Å². The van der Waals surface area contributed by atoms with Gasteiger partial charge in [0.2, 0.25) is 11.7 Å².